The summed E-state index contributed by atoms with van der Waals surface area (Å²) in [5.41, 5.74) is 1.64. The van der Waals surface area contributed by atoms with Gasteiger partial charge in [-0.2, -0.15) is 4.31 Å². The van der Waals surface area contributed by atoms with E-state index in [0.29, 0.717) is 50.6 Å². The summed E-state index contributed by atoms with van der Waals surface area (Å²) in [7, 11) is -3.84. The molecule has 4 rings (SSSR count). The van der Waals surface area contributed by atoms with E-state index in [4.69, 9.17) is 4.74 Å². The number of sulfonamides is 1. The number of amides is 1. The van der Waals surface area contributed by atoms with E-state index >= 15 is 0 Å². The molecule has 11 heteroatoms. The predicted molar refractivity (Wildman–Crippen MR) is 122 cm³/mol. The zero-order valence-electron chi connectivity index (χ0n) is 18.3. The maximum absolute atomic E-state index is 12.9. The number of benzene rings is 2. The number of aryl methyl sites for hydroxylation is 1. The zero-order chi connectivity index (χ0) is 23.6. The first-order valence-electron chi connectivity index (χ1n) is 10.8. The number of hydrogen-bond donors (Lipinski definition) is 0. The van der Waals surface area contributed by atoms with Crippen LogP contribution in [0.4, 0.5) is 11.4 Å². The van der Waals surface area contributed by atoms with Crippen LogP contribution in [0.2, 0.25) is 0 Å². The van der Waals surface area contributed by atoms with Crippen molar-refractivity contribution in [2.24, 2.45) is 0 Å². The van der Waals surface area contributed by atoms with Gasteiger partial charge in [0.05, 0.1) is 23.0 Å². The van der Waals surface area contributed by atoms with Gasteiger partial charge in [-0.1, -0.05) is 18.2 Å². The van der Waals surface area contributed by atoms with E-state index in [9.17, 15) is 23.3 Å². The lowest BCUT2D eigenvalue weighted by Crippen LogP contribution is -2.49. The number of hydrogen-bond acceptors (Lipinski definition) is 7. The smallest absolute Gasteiger partial charge is 0.293 e. The number of nitro groups is 1. The van der Waals surface area contributed by atoms with Gasteiger partial charge in [-0.05, 0) is 30.7 Å². The molecule has 0 saturated carbocycles. The largest absolute Gasteiger partial charge is 0.379 e. The van der Waals surface area contributed by atoms with Crippen LogP contribution in [0, 0.1) is 17.0 Å². The van der Waals surface area contributed by atoms with Crippen LogP contribution in [0.15, 0.2) is 47.4 Å². The molecule has 33 heavy (non-hydrogen) atoms. The van der Waals surface area contributed by atoms with Gasteiger partial charge in [-0.25, -0.2) is 8.42 Å². The van der Waals surface area contributed by atoms with Gasteiger partial charge in [0.15, 0.2) is 0 Å². The Morgan fingerprint density at radius 1 is 1.00 bits per heavy atom. The van der Waals surface area contributed by atoms with Crippen LogP contribution in [0.3, 0.4) is 0 Å². The number of nitro benzene ring substituents is 1. The minimum absolute atomic E-state index is 0.0609. The highest BCUT2D eigenvalue weighted by Crippen LogP contribution is 2.33. The van der Waals surface area contributed by atoms with Crippen molar-refractivity contribution >= 4 is 27.3 Å². The molecule has 0 bridgehead atoms. The molecule has 0 radical (unpaired) electrons. The summed E-state index contributed by atoms with van der Waals surface area (Å²) < 4.78 is 32.3. The third-order valence-electron chi connectivity index (χ3n) is 6.03. The quantitative estimate of drug-likeness (QED) is 0.480. The van der Waals surface area contributed by atoms with Crippen molar-refractivity contribution in [2.75, 3.05) is 57.4 Å². The van der Waals surface area contributed by atoms with Gasteiger partial charge in [0.1, 0.15) is 5.69 Å². The Bertz CT molecular complexity index is 1160. The fourth-order valence-electron chi connectivity index (χ4n) is 4.15. The lowest BCUT2D eigenvalue weighted by atomic mass is 10.1. The highest BCUT2D eigenvalue weighted by molar-refractivity contribution is 7.89. The van der Waals surface area contributed by atoms with Crippen LogP contribution in [0.25, 0.3) is 0 Å². The van der Waals surface area contributed by atoms with Crippen molar-refractivity contribution in [2.45, 2.75) is 11.8 Å². The summed E-state index contributed by atoms with van der Waals surface area (Å²) in [6.07, 6.45) is 0. The molecule has 0 aromatic heterocycles. The van der Waals surface area contributed by atoms with E-state index in [1.165, 1.54) is 16.4 Å². The van der Waals surface area contributed by atoms with Gasteiger partial charge < -0.3 is 14.5 Å². The van der Waals surface area contributed by atoms with E-state index in [1.807, 2.05) is 30.0 Å². The van der Waals surface area contributed by atoms with E-state index in [1.54, 1.807) is 11.0 Å². The number of ether oxygens (including phenoxy) is 1. The van der Waals surface area contributed by atoms with Crippen LogP contribution in [0.1, 0.15) is 15.9 Å². The van der Waals surface area contributed by atoms with Gasteiger partial charge in [0.25, 0.3) is 11.6 Å². The van der Waals surface area contributed by atoms with E-state index in [-0.39, 0.29) is 29.6 Å². The third-order valence-corrected chi connectivity index (χ3v) is 7.93. The van der Waals surface area contributed by atoms with Gasteiger partial charge >= 0.3 is 0 Å². The van der Waals surface area contributed by atoms with Crippen LogP contribution in [-0.2, 0) is 14.8 Å². The molecule has 2 aromatic carbocycles. The van der Waals surface area contributed by atoms with Crippen molar-refractivity contribution in [1.29, 1.82) is 0 Å². The zero-order valence-corrected chi connectivity index (χ0v) is 19.2. The van der Waals surface area contributed by atoms with Gasteiger partial charge in [-0.15, -0.1) is 0 Å². The van der Waals surface area contributed by atoms with E-state index in [2.05, 4.69) is 0 Å². The predicted octanol–water partition coefficient (Wildman–Crippen LogP) is 1.89. The topological polar surface area (TPSA) is 113 Å². The maximum Gasteiger partial charge on any atom is 0.293 e. The van der Waals surface area contributed by atoms with Crippen LogP contribution in [-0.4, -0.2) is 80.9 Å². The first-order valence-corrected chi connectivity index (χ1v) is 12.2. The third kappa shape index (κ3) is 4.70. The van der Waals surface area contributed by atoms with Crippen molar-refractivity contribution in [3.05, 3.63) is 63.7 Å². The minimum atomic E-state index is -3.84. The Balaban J connectivity index is 1.52. The van der Waals surface area contributed by atoms with Crippen molar-refractivity contribution in [1.82, 2.24) is 9.21 Å². The second-order valence-electron chi connectivity index (χ2n) is 8.02. The molecule has 2 saturated heterocycles. The lowest BCUT2D eigenvalue weighted by molar-refractivity contribution is -0.384. The number of morpholine rings is 1. The number of carbonyl (C=O) groups is 1. The molecule has 10 nitrogen and oxygen atoms in total. The Kier molecular flexibility index (Phi) is 6.63. The fraction of sp³-hybridized carbons (Fsp3) is 0.409. The van der Waals surface area contributed by atoms with E-state index in [0.717, 1.165) is 11.6 Å². The maximum atomic E-state index is 12.9. The molecule has 0 N–H and O–H groups in total. The normalized spacial score (nSPS) is 17.7. The first kappa shape index (κ1) is 23.1. The van der Waals surface area contributed by atoms with Gasteiger partial charge in [0.2, 0.25) is 10.0 Å². The Hall–Kier alpha value is -3.02. The second kappa shape index (κ2) is 9.46. The number of anilines is 1. The molecule has 0 spiro atoms. The Morgan fingerprint density at radius 3 is 2.30 bits per heavy atom. The standard InChI is InChI=1S/C22H26N4O6S/c1-17-4-2-3-5-19(17)22(27)24-10-8-23(9-11-24)20-7-6-18(16-21(20)26(28)29)33(30,31)25-12-14-32-15-13-25/h2-7,16H,8-15H2,1H3. The molecule has 0 atom stereocenters. The molecule has 176 valence electrons. The van der Waals surface area contributed by atoms with Crippen LogP contribution < -0.4 is 4.90 Å². The van der Waals surface area contributed by atoms with Crippen LogP contribution >= 0.6 is 0 Å². The molecule has 2 aliphatic rings. The number of carbonyl (C=O) groups excluding carboxylic acids is 1. The highest BCUT2D eigenvalue weighted by Gasteiger charge is 2.31. The molecule has 0 unspecified atom stereocenters. The summed E-state index contributed by atoms with van der Waals surface area (Å²) in [4.78, 5) is 27.6. The average Bonchev–Trinajstić information content (AvgIpc) is 2.84. The summed E-state index contributed by atoms with van der Waals surface area (Å²) >= 11 is 0. The highest BCUT2D eigenvalue weighted by atomic mass is 32.2. The molecule has 1 amide bonds. The molecule has 2 fully saturated rings. The molecular formula is C22H26N4O6S. The average molecular weight is 475 g/mol. The molecular weight excluding hydrogens is 448 g/mol. The minimum Gasteiger partial charge on any atom is -0.379 e. The molecule has 0 aliphatic carbocycles. The second-order valence-corrected chi connectivity index (χ2v) is 9.96. The fourth-order valence-corrected chi connectivity index (χ4v) is 5.58. The molecule has 2 heterocycles. The summed E-state index contributed by atoms with van der Waals surface area (Å²) in [5, 5.41) is 11.8. The number of nitrogens with zero attached hydrogens (tertiary/aromatic N) is 4. The number of rotatable bonds is 5. The van der Waals surface area contributed by atoms with Crippen molar-refractivity contribution in [3.63, 3.8) is 0 Å². The number of piperazine rings is 1. The molecule has 2 aliphatic heterocycles. The SMILES string of the molecule is Cc1ccccc1C(=O)N1CCN(c2ccc(S(=O)(=O)N3CCOCC3)cc2[N+](=O)[O-])CC1. The Labute approximate surface area is 192 Å². The van der Waals surface area contributed by atoms with Gasteiger partial charge in [0, 0.05) is 50.9 Å². The first-order chi connectivity index (χ1) is 15.8. The Morgan fingerprint density at radius 2 is 1.67 bits per heavy atom. The van der Waals surface area contributed by atoms with Crippen molar-refractivity contribution < 1.29 is 22.9 Å². The summed E-state index contributed by atoms with van der Waals surface area (Å²) in [6, 6.07) is 11.4. The summed E-state index contributed by atoms with van der Waals surface area (Å²) in [6.45, 7) is 4.57. The van der Waals surface area contributed by atoms with Gasteiger partial charge in [-0.3, -0.25) is 14.9 Å². The van der Waals surface area contributed by atoms with E-state index < -0.39 is 14.9 Å². The van der Waals surface area contributed by atoms with Crippen molar-refractivity contribution in [3.8, 4) is 0 Å². The molecule has 2 aromatic rings. The monoisotopic (exact) mass is 474 g/mol. The van der Waals surface area contributed by atoms with Crippen LogP contribution in [0.5, 0.6) is 0 Å². The lowest BCUT2D eigenvalue weighted by Gasteiger charge is -2.36. The summed E-state index contributed by atoms with van der Waals surface area (Å²) in [5.74, 6) is -0.0609.